The standard InChI is InChI=1S/C20H22O2/c1-14(21)19-18(16-11-7-4-8-12-16)17(13-20(19,2)22)15-9-5-3-6-10-15/h3-12,17-19,22H,13H2,1-2H3/t17-,18-,19+,20+/m0/s1. The lowest BCUT2D eigenvalue weighted by Crippen LogP contribution is -2.36. The molecule has 1 N–H and O–H groups in total. The van der Waals surface area contributed by atoms with Crippen LogP contribution in [-0.2, 0) is 4.79 Å². The minimum Gasteiger partial charge on any atom is -0.389 e. The van der Waals surface area contributed by atoms with Gasteiger partial charge in [-0.3, -0.25) is 4.79 Å². The van der Waals surface area contributed by atoms with E-state index in [0.717, 1.165) is 5.56 Å². The maximum Gasteiger partial charge on any atom is 0.136 e. The summed E-state index contributed by atoms with van der Waals surface area (Å²) in [6.45, 7) is 3.40. The zero-order chi connectivity index (χ0) is 15.7. The van der Waals surface area contributed by atoms with E-state index in [4.69, 9.17) is 0 Å². The van der Waals surface area contributed by atoms with Gasteiger partial charge in [0, 0.05) is 5.92 Å². The van der Waals surface area contributed by atoms with E-state index in [-0.39, 0.29) is 23.5 Å². The Balaban J connectivity index is 2.11. The van der Waals surface area contributed by atoms with Crippen LogP contribution < -0.4 is 0 Å². The van der Waals surface area contributed by atoms with Crippen molar-refractivity contribution in [3.63, 3.8) is 0 Å². The first-order valence-corrected chi connectivity index (χ1v) is 7.83. The number of aliphatic hydroxyl groups is 1. The Bertz CT molecular complexity index is 646. The molecular weight excluding hydrogens is 272 g/mol. The fourth-order valence-electron chi connectivity index (χ4n) is 4.13. The molecular formula is C20H22O2. The quantitative estimate of drug-likeness (QED) is 0.931. The maximum atomic E-state index is 12.3. The third-order valence-corrected chi connectivity index (χ3v) is 4.95. The largest absolute Gasteiger partial charge is 0.389 e. The third-order valence-electron chi connectivity index (χ3n) is 4.95. The number of rotatable bonds is 3. The Morgan fingerprint density at radius 1 is 1.00 bits per heavy atom. The van der Waals surface area contributed by atoms with Crippen molar-refractivity contribution < 1.29 is 9.90 Å². The Hall–Kier alpha value is -1.93. The van der Waals surface area contributed by atoms with Gasteiger partial charge in [-0.1, -0.05) is 60.7 Å². The lowest BCUT2D eigenvalue weighted by atomic mass is 9.77. The molecule has 2 heteroatoms. The molecule has 2 aromatic carbocycles. The normalized spacial score (nSPS) is 31.1. The van der Waals surface area contributed by atoms with Gasteiger partial charge >= 0.3 is 0 Å². The van der Waals surface area contributed by atoms with Gasteiger partial charge in [-0.05, 0) is 37.3 Å². The van der Waals surface area contributed by atoms with Gasteiger partial charge in [-0.25, -0.2) is 0 Å². The number of carbonyl (C=O) groups excluding carboxylic acids is 1. The molecule has 1 saturated carbocycles. The minimum atomic E-state index is -0.965. The van der Waals surface area contributed by atoms with Crippen LogP contribution in [0.2, 0.25) is 0 Å². The highest BCUT2D eigenvalue weighted by Crippen LogP contribution is 2.54. The van der Waals surface area contributed by atoms with Crippen LogP contribution in [-0.4, -0.2) is 16.5 Å². The van der Waals surface area contributed by atoms with E-state index in [1.165, 1.54) is 5.56 Å². The summed E-state index contributed by atoms with van der Waals surface area (Å²) >= 11 is 0. The van der Waals surface area contributed by atoms with Crippen molar-refractivity contribution in [1.29, 1.82) is 0 Å². The van der Waals surface area contributed by atoms with Crippen molar-refractivity contribution >= 4 is 5.78 Å². The van der Waals surface area contributed by atoms with Crippen LogP contribution >= 0.6 is 0 Å². The fourth-order valence-corrected chi connectivity index (χ4v) is 4.13. The number of Topliss-reactive ketones (excluding diaryl/α,β-unsaturated/α-hetero) is 1. The Kier molecular flexibility index (Phi) is 3.88. The maximum absolute atomic E-state index is 12.3. The SMILES string of the molecule is CC(=O)[C@@H]1[C@@H](c2ccccc2)[C@H](c2ccccc2)C[C@@]1(C)O. The molecule has 2 nitrogen and oxygen atoms in total. The summed E-state index contributed by atoms with van der Waals surface area (Å²) < 4.78 is 0. The second kappa shape index (κ2) is 5.69. The van der Waals surface area contributed by atoms with Gasteiger partial charge in [0.15, 0.2) is 0 Å². The smallest absolute Gasteiger partial charge is 0.136 e. The lowest BCUT2D eigenvalue weighted by molar-refractivity contribution is -0.127. The molecule has 0 heterocycles. The zero-order valence-corrected chi connectivity index (χ0v) is 13.1. The summed E-state index contributed by atoms with van der Waals surface area (Å²) in [5, 5.41) is 10.9. The Labute approximate surface area is 131 Å². The second-order valence-corrected chi connectivity index (χ2v) is 6.60. The van der Waals surface area contributed by atoms with Gasteiger partial charge in [0.2, 0.25) is 0 Å². The van der Waals surface area contributed by atoms with Crippen molar-refractivity contribution in [2.45, 2.75) is 37.7 Å². The van der Waals surface area contributed by atoms with Gasteiger partial charge in [-0.15, -0.1) is 0 Å². The first-order valence-electron chi connectivity index (χ1n) is 7.83. The summed E-state index contributed by atoms with van der Waals surface area (Å²) in [6.07, 6.45) is 0.612. The fraction of sp³-hybridized carbons (Fsp3) is 0.350. The average Bonchev–Trinajstić information content (AvgIpc) is 2.80. The van der Waals surface area contributed by atoms with Crippen molar-refractivity contribution in [2.75, 3.05) is 0 Å². The summed E-state index contributed by atoms with van der Waals surface area (Å²) in [6, 6.07) is 20.4. The molecule has 1 aliphatic carbocycles. The predicted octanol–water partition coefficient (Wildman–Crippen LogP) is 3.91. The molecule has 114 valence electrons. The molecule has 0 saturated heterocycles. The van der Waals surface area contributed by atoms with Gasteiger partial charge in [0.25, 0.3) is 0 Å². The molecule has 22 heavy (non-hydrogen) atoms. The molecule has 0 bridgehead atoms. The molecule has 0 spiro atoms. The van der Waals surface area contributed by atoms with Crippen molar-refractivity contribution in [3.8, 4) is 0 Å². The summed E-state index contributed by atoms with van der Waals surface area (Å²) in [4.78, 5) is 12.3. The molecule has 2 aromatic rings. The van der Waals surface area contributed by atoms with E-state index in [0.29, 0.717) is 6.42 Å². The molecule has 0 radical (unpaired) electrons. The van der Waals surface area contributed by atoms with Crippen LogP contribution in [0.25, 0.3) is 0 Å². The van der Waals surface area contributed by atoms with Gasteiger partial charge in [0.05, 0.1) is 11.5 Å². The molecule has 0 unspecified atom stereocenters. The highest BCUT2D eigenvalue weighted by molar-refractivity contribution is 5.81. The highest BCUT2D eigenvalue weighted by Gasteiger charge is 2.52. The number of ketones is 1. The minimum absolute atomic E-state index is 0.0242. The molecule has 0 amide bonds. The van der Waals surface area contributed by atoms with Crippen LogP contribution in [0.1, 0.15) is 43.2 Å². The number of carbonyl (C=O) groups is 1. The van der Waals surface area contributed by atoms with Crippen molar-refractivity contribution in [2.24, 2.45) is 5.92 Å². The molecule has 1 fully saturated rings. The van der Waals surface area contributed by atoms with Crippen LogP contribution in [0.4, 0.5) is 0 Å². The van der Waals surface area contributed by atoms with E-state index in [9.17, 15) is 9.90 Å². The first-order chi connectivity index (χ1) is 10.5. The Morgan fingerprint density at radius 2 is 1.50 bits per heavy atom. The van der Waals surface area contributed by atoms with Gasteiger partial charge < -0.3 is 5.11 Å². The molecule has 3 rings (SSSR count). The van der Waals surface area contributed by atoms with E-state index >= 15 is 0 Å². The van der Waals surface area contributed by atoms with Crippen molar-refractivity contribution in [3.05, 3.63) is 71.8 Å². The van der Waals surface area contributed by atoms with Gasteiger partial charge in [0.1, 0.15) is 5.78 Å². The second-order valence-electron chi connectivity index (χ2n) is 6.60. The monoisotopic (exact) mass is 294 g/mol. The topological polar surface area (TPSA) is 37.3 Å². The van der Waals surface area contributed by atoms with Crippen LogP contribution in [0.3, 0.4) is 0 Å². The summed E-state index contributed by atoms with van der Waals surface area (Å²) in [5.41, 5.74) is 1.36. The Morgan fingerprint density at radius 3 is 2.00 bits per heavy atom. The zero-order valence-electron chi connectivity index (χ0n) is 13.1. The first kappa shape index (κ1) is 15.0. The number of hydrogen-bond donors (Lipinski definition) is 1. The van der Waals surface area contributed by atoms with E-state index in [1.807, 2.05) is 36.4 Å². The van der Waals surface area contributed by atoms with Crippen LogP contribution in [0, 0.1) is 5.92 Å². The molecule has 4 atom stereocenters. The molecule has 0 aromatic heterocycles. The highest BCUT2D eigenvalue weighted by atomic mass is 16.3. The molecule has 1 aliphatic rings. The van der Waals surface area contributed by atoms with Crippen LogP contribution in [0.15, 0.2) is 60.7 Å². The van der Waals surface area contributed by atoms with E-state index < -0.39 is 5.60 Å². The summed E-state index contributed by atoms with van der Waals surface area (Å²) in [7, 11) is 0. The summed E-state index contributed by atoms with van der Waals surface area (Å²) in [5.74, 6) is -0.110. The van der Waals surface area contributed by atoms with Crippen LogP contribution in [0.5, 0.6) is 0 Å². The van der Waals surface area contributed by atoms with E-state index in [2.05, 4.69) is 24.3 Å². The van der Waals surface area contributed by atoms with E-state index in [1.54, 1.807) is 13.8 Å². The van der Waals surface area contributed by atoms with Gasteiger partial charge in [-0.2, -0.15) is 0 Å². The van der Waals surface area contributed by atoms with Crippen molar-refractivity contribution in [1.82, 2.24) is 0 Å². The number of benzene rings is 2. The predicted molar refractivity (Wildman–Crippen MR) is 87.8 cm³/mol. The molecule has 0 aliphatic heterocycles. The number of hydrogen-bond acceptors (Lipinski definition) is 2. The average molecular weight is 294 g/mol. The third kappa shape index (κ3) is 2.59. The lowest BCUT2D eigenvalue weighted by Gasteiger charge is -2.28.